The Morgan fingerprint density at radius 2 is 0.864 bits per heavy atom. The number of aliphatic hydroxyl groups is 5. The molecule has 1 fully saturated rings. The van der Waals surface area contributed by atoms with Gasteiger partial charge in [-0.2, -0.15) is 0 Å². The molecule has 0 aliphatic carbocycles. The largest absolute Gasteiger partial charge is 0.394 e. The maximum absolute atomic E-state index is 13.0. The SMILES string of the molecule is CCCCCCCCCCCCCCCCCCCCCCCCCC/C=C/CC/C=C/C(O)C(COC1OC(CO)C(O)C(O)C1O)NC(=O)CCCCCCCCCCCCCCC. The summed E-state index contributed by atoms with van der Waals surface area (Å²) in [5.41, 5.74) is 0. The Labute approximate surface area is 407 Å². The molecule has 1 aliphatic heterocycles. The summed E-state index contributed by atoms with van der Waals surface area (Å²) in [6.07, 6.45) is 52.6. The van der Waals surface area contributed by atoms with Crippen molar-refractivity contribution in [1.29, 1.82) is 0 Å². The lowest BCUT2D eigenvalue weighted by Gasteiger charge is -2.40. The van der Waals surface area contributed by atoms with E-state index in [-0.39, 0.29) is 12.5 Å². The molecule has 1 rings (SSSR count). The summed E-state index contributed by atoms with van der Waals surface area (Å²) in [6.45, 7) is 3.78. The first-order valence-electron chi connectivity index (χ1n) is 28.6. The quantitative estimate of drug-likeness (QED) is 0.0261. The van der Waals surface area contributed by atoms with Crippen molar-refractivity contribution in [3.8, 4) is 0 Å². The normalized spacial score (nSPS) is 19.9. The Bertz CT molecular complexity index is 1090. The smallest absolute Gasteiger partial charge is 0.220 e. The lowest BCUT2D eigenvalue weighted by Crippen LogP contribution is -2.60. The Balaban J connectivity index is 2.18. The molecular formula is C57H109NO8. The van der Waals surface area contributed by atoms with Crippen LogP contribution in [0.4, 0.5) is 0 Å². The second-order valence-corrected chi connectivity index (χ2v) is 20.1. The first-order valence-corrected chi connectivity index (χ1v) is 28.6. The van der Waals surface area contributed by atoms with E-state index in [1.807, 2.05) is 6.08 Å². The summed E-state index contributed by atoms with van der Waals surface area (Å²) in [7, 11) is 0. The molecule has 66 heavy (non-hydrogen) atoms. The molecule has 0 aromatic heterocycles. The van der Waals surface area contributed by atoms with Crippen LogP contribution >= 0.6 is 0 Å². The molecule has 1 aliphatic rings. The van der Waals surface area contributed by atoms with Crippen molar-refractivity contribution >= 4 is 5.91 Å². The van der Waals surface area contributed by atoms with Crippen LogP contribution in [0.15, 0.2) is 24.3 Å². The van der Waals surface area contributed by atoms with Crippen molar-refractivity contribution < 1.29 is 39.8 Å². The highest BCUT2D eigenvalue weighted by Crippen LogP contribution is 2.23. The van der Waals surface area contributed by atoms with E-state index < -0.39 is 49.5 Å². The van der Waals surface area contributed by atoms with Gasteiger partial charge in [0.25, 0.3) is 0 Å². The van der Waals surface area contributed by atoms with Crippen molar-refractivity contribution in [2.45, 2.75) is 320 Å². The summed E-state index contributed by atoms with van der Waals surface area (Å²) < 4.78 is 11.2. The molecule has 1 heterocycles. The molecule has 6 N–H and O–H groups in total. The third-order valence-electron chi connectivity index (χ3n) is 13.8. The molecule has 7 atom stereocenters. The molecule has 0 spiro atoms. The second-order valence-electron chi connectivity index (χ2n) is 20.1. The van der Waals surface area contributed by atoms with Gasteiger partial charge in [0.05, 0.1) is 25.4 Å². The van der Waals surface area contributed by atoms with Gasteiger partial charge in [0, 0.05) is 6.42 Å². The predicted molar refractivity (Wildman–Crippen MR) is 277 cm³/mol. The van der Waals surface area contributed by atoms with Gasteiger partial charge in [-0.25, -0.2) is 0 Å². The lowest BCUT2D eigenvalue weighted by atomic mass is 9.99. The second kappa shape index (κ2) is 47.4. The van der Waals surface area contributed by atoms with Crippen LogP contribution in [0.25, 0.3) is 0 Å². The van der Waals surface area contributed by atoms with Crippen LogP contribution in [-0.2, 0) is 14.3 Å². The third kappa shape index (κ3) is 36.6. The Morgan fingerprint density at radius 3 is 1.27 bits per heavy atom. The highest BCUT2D eigenvalue weighted by Gasteiger charge is 2.44. The fourth-order valence-electron chi connectivity index (χ4n) is 9.23. The maximum Gasteiger partial charge on any atom is 0.220 e. The number of aliphatic hydroxyl groups excluding tert-OH is 5. The van der Waals surface area contributed by atoms with E-state index in [0.29, 0.717) is 6.42 Å². The van der Waals surface area contributed by atoms with E-state index in [4.69, 9.17) is 9.47 Å². The molecule has 0 saturated carbocycles. The van der Waals surface area contributed by atoms with Crippen LogP contribution < -0.4 is 5.32 Å². The van der Waals surface area contributed by atoms with Crippen LogP contribution in [0.2, 0.25) is 0 Å². The van der Waals surface area contributed by atoms with Crippen molar-refractivity contribution in [3.05, 3.63) is 24.3 Å². The molecule has 0 radical (unpaired) electrons. The van der Waals surface area contributed by atoms with Gasteiger partial charge < -0.3 is 40.3 Å². The summed E-state index contributed by atoms with van der Waals surface area (Å²) in [5.74, 6) is -0.184. The molecule has 0 aromatic rings. The fourth-order valence-corrected chi connectivity index (χ4v) is 9.23. The highest BCUT2D eigenvalue weighted by molar-refractivity contribution is 5.76. The zero-order chi connectivity index (χ0) is 48.0. The van der Waals surface area contributed by atoms with Crippen LogP contribution in [-0.4, -0.2) is 87.5 Å². The van der Waals surface area contributed by atoms with Crippen LogP contribution in [0, 0.1) is 0 Å². The summed E-state index contributed by atoms with van der Waals surface area (Å²) in [6, 6.07) is -0.817. The Morgan fingerprint density at radius 1 is 0.500 bits per heavy atom. The number of nitrogens with one attached hydrogen (secondary N) is 1. The molecule has 9 nitrogen and oxygen atoms in total. The number of carbonyl (C=O) groups excluding carboxylic acids is 1. The summed E-state index contributed by atoms with van der Waals surface area (Å²) in [5, 5.41) is 54.4. The molecule has 7 unspecified atom stereocenters. The van der Waals surface area contributed by atoms with Gasteiger partial charge in [-0.3, -0.25) is 4.79 Å². The van der Waals surface area contributed by atoms with Gasteiger partial charge >= 0.3 is 0 Å². The van der Waals surface area contributed by atoms with Crippen molar-refractivity contribution in [1.82, 2.24) is 5.32 Å². The van der Waals surface area contributed by atoms with Crippen molar-refractivity contribution in [3.63, 3.8) is 0 Å². The monoisotopic (exact) mass is 936 g/mol. The van der Waals surface area contributed by atoms with Gasteiger partial charge in [0.2, 0.25) is 5.91 Å². The average molecular weight is 936 g/mol. The Hall–Kier alpha value is -1.33. The van der Waals surface area contributed by atoms with Crippen molar-refractivity contribution in [2.24, 2.45) is 0 Å². The van der Waals surface area contributed by atoms with E-state index in [0.717, 1.165) is 38.5 Å². The number of amides is 1. The first-order chi connectivity index (χ1) is 32.3. The zero-order valence-electron chi connectivity index (χ0n) is 43.2. The lowest BCUT2D eigenvalue weighted by molar-refractivity contribution is -0.302. The Kier molecular flexibility index (Phi) is 45.0. The summed E-state index contributed by atoms with van der Waals surface area (Å²) >= 11 is 0. The number of hydrogen-bond donors (Lipinski definition) is 6. The molecule has 0 bridgehead atoms. The van der Waals surface area contributed by atoms with Crippen LogP contribution in [0.3, 0.4) is 0 Å². The highest BCUT2D eigenvalue weighted by atomic mass is 16.7. The predicted octanol–water partition coefficient (Wildman–Crippen LogP) is 13.8. The average Bonchev–Trinajstić information content (AvgIpc) is 3.32. The maximum atomic E-state index is 13.0. The number of unbranched alkanes of at least 4 members (excludes halogenated alkanes) is 37. The number of carbonyl (C=O) groups is 1. The standard InChI is InChI=1S/C57H109NO8/c1-3-5-7-9-11-13-15-17-18-19-20-21-22-23-24-25-26-27-28-29-30-31-32-33-35-36-38-40-42-44-46-51(60)50(49-65-57-56(64)55(63)54(62)52(48-59)66-57)58-53(61)47-45-43-41-39-37-34-16-14-12-10-8-6-4-2/h36,38,44,46,50-52,54-57,59-60,62-64H,3-35,37,39-43,45,47-49H2,1-2H3,(H,58,61)/b38-36+,46-44+. The number of allylic oxidation sites excluding steroid dienone is 3. The number of rotatable bonds is 49. The third-order valence-corrected chi connectivity index (χ3v) is 13.8. The van der Waals surface area contributed by atoms with Gasteiger partial charge in [0.1, 0.15) is 24.4 Å². The minimum absolute atomic E-state index is 0.184. The van der Waals surface area contributed by atoms with Gasteiger partial charge in [-0.15, -0.1) is 0 Å². The minimum atomic E-state index is -1.57. The van der Waals surface area contributed by atoms with Gasteiger partial charge in [-0.1, -0.05) is 263 Å². The molecule has 1 amide bonds. The van der Waals surface area contributed by atoms with Crippen LogP contribution in [0.1, 0.15) is 277 Å². The van der Waals surface area contributed by atoms with E-state index in [1.165, 1.54) is 218 Å². The summed E-state index contributed by atoms with van der Waals surface area (Å²) in [4.78, 5) is 13.0. The van der Waals surface area contributed by atoms with Crippen LogP contribution in [0.5, 0.6) is 0 Å². The van der Waals surface area contributed by atoms with E-state index in [9.17, 15) is 30.3 Å². The topological polar surface area (TPSA) is 149 Å². The number of ether oxygens (including phenoxy) is 2. The molecule has 9 heteroatoms. The zero-order valence-corrected chi connectivity index (χ0v) is 43.2. The minimum Gasteiger partial charge on any atom is -0.394 e. The van der Waals surface area contributed by atoms with E-state index in [2.05, 4.69) is 31.3 Å². The first kappa shape index (κ1) is 62.7. The van der Waals surface area contributed by atoms with E-state index in [1.54, 1.807) is 6.08 Å². The molecule has 0 aromatic carbocycles. The molecule has 1 saturated heterocycles. The fraction of sp³-hybridized carbons (Fsp3) is 0.912. The van der Waals surface area contributed by atoms with E-state index >= 15 is 0 Å². The molecular weight excluding hydrogens is 827 g/mol. The van der Waals surface area contributed by atoms with Crippen molar-refractivity contribution in [2.75, 3.05) is 13.2 Å². The van der Waals surface area contributed by atoms with Gasteiger partial charge in [0.15, 0.2) is 6.29 Å². The number of hydrogen-bond acceptors (Lipinski definition) is 8. The molecule has 390 valence electrons. The van der Waals surface area contributed by atoms with Gasteiger partial charge in [-0.05, 0) is 32.1 Å².